The fraction of sp³-hybridized carbons (Fsp3) is 0.172. The third kappa shape index (κ3) is 3.88. The number of anilines is 3. The zero-order valence-corrected chi connectivity index (χ0v) is 19.7. The molecule has 2 N–H and O–H groups in total. The lowest BCUT2D eigenvalue weighted by Gasteiger charge is -2.33. The molecule has 0 radical (unpaired) electrons. The normalized spacial score (nSPS) is 19.2. The zero-order chi connectivity index (χ0) is 24.6. The van der Waals surface area contributed by atoms with Crippen LogP contribution in [0.15, 0.2) is 105 Å². The molecule has 0 saturated carbocycles. The summed E-state index contributed by atoms with van der Waals surface area (Å²) in [6.45, 7) is 1.99. The topological polar surface area (TPSA) is 87.7 Å². The molecular weight excluding hydrogens is 454 g/mol. The van der Waals surface area contributed by atoms with Gasteiger partial charge in [-0.25, -0.2) is 4.79 Å². The minimum Gasteiger partial charge on any atom is -0.469 e. The van der Waals surface area contributed by atoms with E-state index in [0.717, 1.165) is 22.7 Å². The third-order valence-corrected chi connectivity index (χ3v) is 6.77. The molecular formula is C29H25N3O4. The Balaban J connectivity index is 1.49. The molecule has 7 heteroatoms. The molecule has 0 fully saturated rings. The molecule has 2 atom stereocenters. The van der Waals surface area contributed by atoms with E-state index in [1.165, 1.54) is 0 Å². The monoisotopic (exact) mass is 479 g/mol. The van der Waals surface area contributed by atoms with Crippen LogP contribution in [0, 0.1) is 6.92 Å². The predicted molar refractivity (Wildman–Crippen MR) is 137 cm³/mol. The molecule has 2 aromatic carbocycles. The van der Waals surface area contributed by atoms with E-state index in [-0.39, 0.29) is 24.2 Å². The largest absolute Gasteiger partial charge is 0.469 e. The maximum absolute atomic E-state index is 13.9. The Hall–Kier alpha value is -4.52. The van der Waals surface area contributed by atoms with Gasteiger partial charge in [0.2, 0.25) is 0 Å². The number of Topliss-reactive ketones (excluding diaryl/α,β-unsaturated/α-hetero) is 1. The van der Waals surface area contributed by atoms with Gasteiger partial charge in [0.15, 0.2) is 5.78 Å². The molecule has 7 nitrogen and oxygen atoms in total. The molecule has 1 aliphatic carbocycles. The number of rotatable bonds is 3. The molecule has 0 spiro atoms. The van der Waals surface area contributed by atoms with Crippen molar-refractivity contribution in [3.05, 3.63) is 114 Å². The highest BCUT2D eigenvalue weighted by Crippen LogP contribution is 2.47. The van der Waals surface area contributed by atoms with Crippen molar-refractivity contribution >= 4 is 28.9 Å². The molecule has 1 aliphatic heterocycles. The van der Waals surface area contributed by atoms with Crippen molar-refractivity contribution in [2.24, 2.45) is 0 Å². The minimum absolute atomic E-state index is 0.0486. The number of urea groups is 1. The summed E-state index contributed by atoms with van der Waals surface area (Å²) in [5.74, 6) is 1.16. The standard InChI is InChI=1S/C29H25N3O4/c1-18-10-12-20(13-11-18)30-29(34)32-23-7-3-2-6-21(23)31-22-16-19(25-8-4-14-35-25)17-24(33)27(22)28(32)26-9-5-15-36-26/h2-15,19,28,31H,16-17H2,1H3,(H,30,34)/t19-,28-/m1/s1. The van der Waals surface area contributed by atoms with Crippen molar-refractivity contribution in [2.75, 3.05) is 15.5 Å². The molecule has 3 heterocycles. The van der Waals surface area contributed by atoms with E-state index in [1.807, 2.05) is 67.6 Å². The van der Waals surface area contributed by atoms with E-state index in [2.05, 4.69) is 10.6 Å². The Morgan fingerprint density at radius 2 is 1.64 bits per heavy atom. The quantitative estimate of drug-likeness (QED) is 0.338. The number of nitrogens with zero attached hydrogens (tertiary/aromatic N) is 1. The number of furan rings is 2. The number of carbonyl (C=O) groups excluding carboxylic acids is 2. The van der Waals surface area contributed by atoms with Crippen LogP contribution in [0.4, 0.5) is 21.9 Å². The van der Waals surface area contributed by atoms with Crippen LogP contribution in [0.1, 0.15) is 41.9 Å². The summed E-state index contributed by atoms with van der Waals surface area (Å²) in [6.07, 6.45) is 4.06. The van der Waals surface area contributed by atoms with Crippen molar-refractivity contribution in [2.45, 2.75) is 31.7 Å². The van der Waals surface area contributed by atoms with Crippen molar-refractivity contribution in [1.82, 2.24) is 0 Å². The van der Waals surface area contributed by atoms with Crippen LogP contribution in [-0.4, -0.2) is 11.8 Å². The highest BCUT2D eigenvalue weighted by atomic mass is 16.3. The van der Waals surface area contributed by atoms with E-state index in [0.29, 0.717) is 29.1 Å². The lowest BCUT2D eigenvalue weighted by atomic mass is 9.81. The molecule has 0 bridgehead atoms. The van der Waals surface area contributed by atoms with Crippen LogP contribution >= 0.6 is 0 Å². The van der Waals surface area contributed by atoms with Gasteiger partial charge in [0.05, 0.1) is 23.9 Å². The summed E-state index contributed by atoms with van der Waals surface area (Å²) in [6, 6.07) is 21.4. The Morgan fingerprint density at radius 1 is 0.917 bits per heavy atom. The van der Waals surface area contributed by atoms with Crippen LogP contribution in [0.5, 0.6) is 0 Å². The number of fused-ring (bicyclic) bond motifs is 1. The van der Waals surface area contributed by atoms with Crippen molar-refractivity contribution in [1.29, 1.82) is 0 Å². The Morgan fingerprint density at radius 3 is 2.36 bits per heavy atom. The van der Waals surface area contributed by atoms with E-state index in [1.54, 1.807) is 29.6 Å². The molecule has 6 rings (SSSR count). The van der Waals surface area contributed by atoms with Crippen molar-refractivity contribution in [3.63, 3.8) is 0 Å². The molecule has 0 saturated heterocycles. The first kappa shape index (κ1) is 22.0. The number of hydrogen-bond donors (Lipinski definition) is 2. The van der Waals surface area contributed by atoms with Gasteiger partial charge in [-0.15, -0.1) is 0 Å². The van der Waals surface area contributed by atoms with Gasteiger partial charge >= 0.3 is 6.03 Å². The van der Waals surface area contributed by atoms with Gasteiger partial charge in [-0.1, -0.05) is 29.8 Å². The highest BCUT2D eigenvalue weighted by molar-refractivity contribution is 6.09. The van der Waals surface area contributed by atoms with Gasteiger partial charge in [-0.2, -0.15) is 0 Å². The SMILES string of the molecule is Cc1ccc(NC(=O)N2c3ccccc3NC3=C(C(=O)C[C@H](c4ccco4)C3)[C@H]2c2ccco2)cc1. The lowest BCUT2D eigenvalue weighted by Crippen LogP contribution is -2.40. The van der Waals surface area contributed by atoms with Gasteiger partial charge in [0, 0.05) is 29.3 Å². The average Bonchev–Trinajstić information content (AvgIpc) is 3.58. The molecule has 0 unspecified atom stereocenters. The summed E-state index contributed by atoms with van der Waals surface area (Å²) < 4.78 is 11.5. The fourth-order valence-corrected chi connectivity index (χ4v) is 5.07. The number of benzene rings is 2. The summed E-state index contributed by atoms with van der Waals surface area (Å²) in [4.78, 5) is 29.3. The van der Waals surface area contributed by atoms with E-state index in [4.69, 9.17) is 8.83 Å². The van der Waals surface area contributed by atoms with Gasteiger partial charge in [0.25, 0.3) is 0 Å². The molecule has 2 aliphatic rings. The summed E-state index contributed by atoms with van der Waals surface area (Å²) in [5.41, 5.74) is 4.46. The van der Waals surface area contributed by atoms with E-state index < -0.39 is 6.04 Å². The van der Waals surface area contributed by atoms with Crippen LogP contribution < -0.4 is 15.5 Å². The van der Waals surface area contributed by atoms with Crippen LogP contribution in [0.3, 0.4) is 0 Å². The maximum Gasteiger partial charge on any atom is 0.327 e. The number of allylic oxidation sites excluding steroid dienone is 1. The minimum atomic E-state index is -0.735. The molecule has 2 amide bonds. The number of nitrogens with one attached hydrogen (secondary N) is 2. The summed E-state index contributed by atoms with van der Waals surface area (Å²) in [7, 11) is 0. The van der Waals surface area contributed by atoms with Crippen molar-refractivity contribution < 1.29 is 18.4 Å². The number of amides is 2. The Bertz CT molecular complexity index is 1440. The van der Waals surface area contributed by atoms with Crippen LogP contribution in [0.25, 0.3) is 0 Å². The lowest BCUT2D eigenvalue weighted by molar-refractivity contribution is -0.116. The first-order chi connectivity index (χ1) is 17.6. The molecule has 180 valence electrons. The first-order valence-corrected chi connectivity index (χ1v) is 11.9. The number of hydrogen-bond acceptors (Lipinski definition) is 5. The van der Waals surface area contributed by atoms with Gasteiger partial charge in [-0.3, -0.25) is 9.69 Å². The highest BCUT2D eigenvalue weighted by Gasteiger charge is 2.43. The second-order valence-electron chi connectivity index (χ2n) is 9.16. The van der Waals surface area contributed by atoms with Crippen LogP contribution in [0.2, 0.25) is 0 Å². The molecule has 4 aromatic rings. The predicted octanol–water partition coefficient (Wildman–Crippen LogP) is 6.79. The van der Waals surface area contributed by atoms with E-state index >= 15 is 0 Å². The zero-order valence-electron chi connectivity index (χ0n) is 19.7. The number of aryl methyl sites for hydroxylation is 1. The van der Waals surface area contributed by atoms with Gasteiger partial charge in [0.1, 0.15) is 17.6 Å². The molecule has 36 heavy (non-hydrogen) atoms. The Labute approximate surface area is 208 Å². The third-order valence-electron chi connectivity index (χ3n) is 6.77. The maximum atomic E-state index is 13.9. The number of para-hydroxylation sites is 2. The molecule has 2 aromatic heterocycles. The fourth-order valence-electron chi connectivity index (χ4n) is 5.07. The average molecular weight is 480 g/mol. The number of carbonyl (C=O) groups is 2. The van der Waals surface area contributed by atoms with Gasteiger partial charge in [-0.05, 0) is 61.9 Å². The van der Waals surface area contributed by atoms with Crippen LogP contribution in [-0.2, 0) is 4.79 Å². The van der Waals surface area contributed by atoms with Gasteiger partial charge < -0.3 is 19.5 Å². The summed E-state index contributed by atoms with van der Waals surface area (Å²) >= 11 is 0. The second-order valence-corrected chi connectivity index (χ2v) is 9.16. The first-order valence-electron chi connectivity index (χ1n) is 11.9. The summed E-state index contributed by atoms with van der Waals surface area (Å²) in [5, 5.41) is 6.50. The second kappa shape index (κ2) is 8.92. The Kier molecular flexibility index (Phi) is 5.45. The van der Waals surface area contributed by atoms with Crippen molar-refractivity contribution in [3.8, 4) is 0 Å². The number of ketones is 1. The smallest absolute Gasteiger partial charge is 0.327 e. The van der Waals surface area contributed by atoms with E-state index in [9.17, 15) is 9.59 Å².